The summed E-state index contributed by atoms with van der Waals surface area (Å²) in [6, 6.07) is 20.1. The third-order valence-corrected chi connectivity index (χ3v) is 7.50. The Bertz CT molecular complexity index is 1380. The molecule has 0 saturated carbocycles. The third kappa shape index (κ3) is 2.53. The molecule has 174 valence electrons. The number of nitrogens with zero attached hydrogens (tertiary/aromatic N) is 2. The number of anilines is 1. The number of ether oxygens (including phenoxy) is 1. The van der Waals surface area contributed by atoms with Crippen LogP contribution in [0.2, 0.25) is 0 Å². The predicted octanol–water partition coefficient (Wildman–Crippen LogP) is 3.65. The van der Waals surface area contributed by atoms with E-state index in [0.29, 0.717) is 22.3 Å². The van der Waals surface area contributed by atoms with Crippen LogP contribution in [0.5, 0.6) is 0 Å². The molecule has 0 N–H and O–H groups in total. The number of hydrogen-bond donors (Lipinski definition) is 0. The maximum atomic E-state index is 13.9. The van der Waals surface area contributed by atoms with Crippen molar-refractivity contribution in [2.75, 3.05) is 11.5 Å². The average molecular weight is 468 g/mol. The molecule has 3 aliphatic carbocycles. The van der Waals surface area contributed by atoms with Crippen LogP contribution >= 0.6 is 0 Å². The lowest BCUT2D eigenvalue weighted by molar-refractivity contribution is -0.578. The quantitative estimate of drug-likeness (QED) is 0.250. The summed E-state index contributed by atoms with van der Waals surface area (Å²) in [5.41, 5.74) is 1.06. The standard InChI is InChI=1S/C27H20N2O6/c1-2-35-26(32)15-11-13-16(14-12-15)28-24(30)22-21-17-7-3-5-9-19(17)27(29(33)34,23(22)25(28)31)20-10-6-4-8-18(20)21/h3-14,21-23H,2H2,1H3. The van der Waals surface area contributed by atoms with Gasteiger partial charge in [-0.05, 0) is 42.3 Å². The summed E-state index contributed by atoms with van der Waals surface area (Å²) in [6.07, 6.45) is 0. The van der Waals surface area contributed by atoms with Gasteiger partial charge in [-0.25, -0.2) is 9.69 Å². The zero-order valence-corrected chi connectivity index (χ0v) is 18.7. The lowest BCUT2D eigenvalue weighted by Gasteiger charge is -2.48. The summed E-state index contributed by atoms with van der Waals surface area (Å²) < 4.78 is 5.00. The second-order valence-electron chi connectivity index (χ2n) is 8.96. The van der Waals surface area contributed by atoms with E-state index >= 15 is 0 Å². The Hall–Kier alpha value is -4.33. The molecule has 3 aromatic carbocycles. The smallest absolute Gasteiger partial charge is 0.338 e. The molecule has 0 radical (unpaired) electrons. The molecule has 35 heavy (non-hydrogen) atoms. The first-order valence-electron chi connectivity index (χ1n) is 11.4. The van der Waals surface area contributed by atoms with Crippen LogP contribution in [0.25, 0.3) is 0 Å². The predicted molar refractivity (Wildman–Crippen MR) is 124 cm³/mol. The van der Waals surface area contributed by atoms with Gasteiger partial charge in [-0.15, -0.1) is 0 Å². The molecule has 1 saturated heterocycles. The number of nitro groups is 1. The van der Waals surface area contributed by atoms with E-state index in [1.807, 2.05) is 12.1 Å². The van der Waals surface area contributed by atoms with Crippen molar-refractivity contribution in [3.63, 3.8) is 0 Å². The fourth-order valence-corrected chi connectivity index (χ4v) is 6.26. The van der Waals surface area contributed by atoms with Crippen molar-refractivity contribution in [1.82, 2.24) is 0 Å². The highest BCUT2D eigenvalue weighted by Crippen LogP contribution is 2.64. The number of imide groups is 1. The fraction of sp³-hybridized carbons (Fsp3) is 0.222. The van der Waals surface area contributed by atoms with E-state index in [9.17, 15) is 24.5 Å². The van der Waals surface area contributed by atoms with Crippen LogP contribution in [0.3, 0.4) is 0 Å². The van der Waals surface area contributed by atoms with Gasteiger partial charge in [0.2, 0.25) is 11.8 Å². The van der Waals surface area contributed by atoms with E-state index in [2.05, 4.69) is 0 Å². The highest BCUT2D eigenvalue weighted by atomic mass is 16.6. The van der Waals surface area contributed by atoms with Crippen molar-refractivity contribution in [1.29, 1.82) is 0 Å². The molecular formula is C27H20N2O6. The molecule has 2 bridgehead atoms. The number of carbonyl (C=O) groups is 3. The van der Waals surface area contributed by atoms with E-state index in [1.54, 1.807) is 43.3 Å². The molecule has 2 amide bonds. The topological polar surface area (TPSA) is 107 Å². The first kappa shape index (κ1) is 21.2. The molecule has 2 unspecified atom stereocenters. The minimum atomic E-state index is -1.86. The number of benzene rings is 3. The van der Waals surface area contributed by atoms with E-state index in [-0.39, 0.29) is 17.9 Å². The summed E-state index contributed by atoms with van der Waals surface area (Å²) in [5.74, 6) is -4.12. The molecule has 1 fully saturated rings. The summed E-state index contributed by atoms with van der Waals surface area (Å²) in [7, 11) is 0. The Balaban J connectivity index is 1.53. The van der Waals surface area contributed by atoms with Crippen LogP contribution in [0, 0.1) is 22.0 Å². The highest BCUT2D eigenvalue weighted by Gasteiger charge is 2.74. The van der Waals surface area contributed by atoms with Gasteiger partial charge in [0.25, 0.3) is 5.54 Å². The number of esters is 1. The van der Waals surface area contributed by atoms with Crippen LogP contribution in [-0.2, 0) is 19.9 Å². The van der Waals surface area contributed by atoms with Crippen molar-refractivity contribution >= 4 is 23.5 Å². The normalized spacial score (nSPS) is 25.6. The lowest BCUT2D eigenvalue weighted by Crippen LogP contribution is -2.57. The van der Waals surface area contributed by atoms with E-state index in [1.165, 1.54) is 24.3 Å². The zero-order chi connectivity index (χ0) is 24.5. The van der Waals surface area contributed by atoms with Gasteiger partial charge in [-0.1, -0.05) is 48.5 Å². The molecule has 4 aliphatic rings. The highest BCUT2D eigenvalue weighted by molar-refractivity contribution is 6.23. The van der Waals surface area contributed by atoms with E-state index in [0.717, 1.165) is 4.90 Å². The molecular weight excluding hydrogens is 448 g/mol. The Morgan fingerprint density at radius 2 is 1.51 bits per heavy atom. The van der Waals surface area contributed by atoms with Crippen molar-refractivity contribution in [2.24, 2.45) is 11.8 Å². The maximum Gasteiger partial charge on any atom is 0.338 e. The largest absolute Gasteiger partial charge is 0.462 e. The molecule has 0 spiro atoms. The number of hydrogen-bond acceptors (Lipinski definition) is 6. The summed E-state index contributed by atoms with van der Waals surface area (Å²) >= 11 is 0. The lowest BCUT2D eigenvalue weighted by atomic mass is 9.51. The van der Waals surface area contributed by atoms with Gasteiger partial charge >= 0.3 is 5.97 Å². The van der Waals surface area contributed by atoms with Gasteiger partial charge in [0.15, 0.2) is 0 Å². The van der Waals surface area contributed by atoms with Crippen LogP contribution < -0.4 is 4.90 Å². The van der Waals surface area contributed by atoms with Crippen LogP contribution in [0.4, 0.5) is 5.69 Å². The van der Waals surface area contributed by atoms with Gasteiger partial charge in [0.1, 0.15) is 5.92 Å². The van der Waals surface area contributed by atoms with Gasteiger partial charge in [0.05, 0.1) is 23.8 Å². The number of amides is 2. The second-order valence-corrected chi connectivity index (χ2v) is 8.96. The molecule has 8 nitrogen and oxygen atoms in total. The van der Waals surface area contributed by atoms with Crippen molar-refractivity contribution in [3.8, 4) is 0 Å². The van der Waals surface area contributed by atoms with Gasteiger partial charge in [-0.2, -0.15) is 0 Å². The zero-order valence-electron chi connectivity index (χ0n) is 18.7. The van der Waals surface area contributed by atoms with Gasteiger partial charge < -0.3 is 4.74 Å². The average Bonchev–Trinajstić information content (AvgIpc) is 3.14. The van der Waals surface area contributed by atoms with E-state index in [4.69, 9.17) is 4.74 Å². The SMILES string of the molecule is CCOC(=O)c1ccc(N2C(=O)C3C4c5ccccc5C([N+](=O)[O-])(c5ccccc54)C3C2=O)cc1. The number of rotatable bonds is 4. The Kier molecular flexibility index (Phi) is 4.45. The first-order chi connectivity index (χ1) is 16.9. The third-order valence-electron chi connectivity index (χ3n) is 7.50. The summed E-state index contributed by atoms with van der Waals surface area (Å²) in [4.78, 5) is 53.4. The van der Waals surface area contributed by atoms with Gasteiger partial charge in [0, 0.05) is 22.0 Å². The minimum Gasteiger partial charge on any atom is -0.462 e. The Morgan fingerprint density at radius 3 is 2.06 bits per heavy atom. The van der Waals surface area contributed by atoms with Crippen molar-refractivity contribution < 1.29 is 24.0 Å². The van der Waals surface area contributed by atoms with E-state index < -0.39 is 46.0 Å². The Labute approximate surface area is 200 Å². The van der Waals surface area contributed by atoms with Gasteiger partial charge in [-0.3, -0.25) is 19.7 Å². The molecule has 8 heteroatoms. The first-order valence-corrected chi connectivity index (χ1v) is 11.4. The van der Waals surface area contributed by atoms with Crippen LogP contribution in [0.1, 0.15) is 45.5 Å². The van der Waals surface area contributed by atoms with Crippen LogP contribution in [0.15, 0.2) is 72.8 Å². The molecule has 1 aliphatic heterocycles. The molecule has 2 atom stereocenters. The molecule has 7 rings (SSSR count). The Morgan fingerprint density at radius 1 is 0.943 bits per heavy atom. The minimum absolute atomic E-state index is 0.221. The summed E-state index contributed by atoms with van der Waals surface area (Å²) in [6.45, 7) is 1.92. The van der Waals surface area contributed by atoms with Crippen LogP contribution in [-0.4, -0.2) is 29.3 Å². The van der Waals surface area contributed by atoms with Crippen molar-refractivity contribution in [3.05, 3.63) is 111 Å². The molecule has 0 aromatic heterocycles. The summed E-state index contributed by atoms with van der Waals surface area (Å²) in [5, 5.41) is 12.9. The maximum absolute atomic E-state index is 13.9. The monoisotopic (exact) mass is 468 g/mol. The molecule has 3 aromatic rings. The van der Waals surface area contributed by atoms with Crippen molar-refractivity contribution in [2.45, 2.75) is 18.4 Å². The fourth-order valence-electron chi connectivity index (χ4n) is 6.26. The number of carbonyl (C=O) groups excluding carboxylic acids is 3. The second kappa shape index (κ2) is 7.33. The molecule has 1 heterocycles.